The summed E-state index contributed by atoms with van der Waals surface area (Å²) in [5, 5.41) is 8.46. The largest absolute Gasteiger partial charge is 0.372 e. The number of nitrogens with one attached hydrogen (secondary N) is 1. The van der Waals surface area contributed by atoms with Gasteiger partial charge in [-0.2, -0.15) is 0 Å². The number of rotatable bonds is 6. The predicted molar refractivity (Wildman–Crippen MR) is 98.8 cm³/mol. The summed E-state index contributed by atoms with van der Waals surface area (Å²) in [7, 11) is 0. The molecule has 1 heterocycles. The Labute approximate surface area is 149 Å². The number of Topliss-reactive ketones (excluding diaryl/α,β-unsaturated/α-hetero) is 1. The highest BCUT2D eigenvalue weighted by Gasteiger charge is 2.15. The molecule has 5 nitrogen and oxygen atoms in total. The first-order valence-corrected chi connectivity index (χ1v) is 8.71. The van der Waals surface area contributed by atoms with Crippen molar-refractivity contribution in [2.45, 2.75) is 33.1 Å². The maximum atomic E-state index is 12.6. The number of hydrogen-bond donors (Lipinski definition) is 2. The fraction of sp³-hybridized carbons (Fsp3) is 0.400. The second-order valence-corrected chi connectivity index (χ2v) is 6.47. The number of piperidine rings is 1. The maximum Gasteiger partial charge on any atom is 0.267 e. The number of ketones is 1. The molecule has 0 unspecified atom stereocenters. The van der Waals surface area contributed by atoms with Crippen LogP contribution in [0.15, 0.2) is 48.1 Å². The lowest BCUT2D eigenvalue weighted by Crippen LogP contribution is -2.29. The molecule has 134 valence electrons. The fourth-order valence-electron chi connectivity index (χ4n) is 3.02. The first-order chi connectivity index (χ1) is 12.0. The van der Waals surface area contributed by atoms with E-state index in [4.69, 9.17) is 5.21 Å². The molecule has 0 radical (unpaired) electrons. The van der Waals surface area contributed by atoms with E-state index in [1.54, 1.807) is 6.08 Å². The van der Waals surface area contributed by atoms with Crippen LogP contribution >= 0.6 is 0 Å². The van der Waals surface area contributed by atoms with Gasteiger partial charge in [-0.3, -0.25) is 14.8 Å². The van der Waals surface area contributed by atoms with Gasteiger partial charge in [-0.1, -0.05) is 24.6 Å². The van der Waals surface area contributed by atoms with E-state index in [1.165, 1.54) is 36.5 Å². The summed E-state index contributed by atoms with van der Waals surface area (Å²) >= 11 is 0. The molecule has 1 aliphatic rings. The van der Waals surface area contributed by atoms with E-state index in [-0.39, 0.29) is 11.7 Å². The van der Waals surface area contributed by atoms with Crippen LogP contribution in [0.2, 0.25) is 0 Å². The summed E-state index contributed by atoms with van der Waals surface area (Å²) < 4.78 is 0. The minimum Gasteiger partial charge on any atom is -0.372 e. The van der Waals surface area contributed by atoms with Gasteiger partial charge in [0, 0.05) is 36.3 Å². The Balaban J connectivity index is 2.01. The van der Waals surface area contributed by atoms with Crippen molar-refractivity contribution in [3.05, 3.63) is 53.6 Å². The van der Waals surface area contributed by atoms with Gasteiger partial charge in [0.2, 0.25) is 0 Å². The van der Waals surface area contributed by atoms with E-state index in [2.05, 4.69) is 4.90 Å². The quantitative estimate of drug-likeness (QED) is 0.273. The third kappa shape index (κ3) is 5.57. The van der Waals surface area contributed by atoms with Crippen molar-refractivity contribution >= 4 is 17.4 Å². The topological polar surface area (TPSA) is 69.6 Å². The predicted octanol–water partition coefficient (Wildman–Crippen LogP) is 3.50. The zero-order valence-corrected chi connectivity index (χ0v) is 14.9. The molecule has 2 N–H and O–H groups in total. The van der Waals surface area contributed by atoms with Crippen molar-refractivity contribution in [1.82, 2.24) is 5.48 Å². The summed E-state index contributed by atoms with van der Waals surface area (Å²) in [6.07, 6.45) is 8.34. The number of amides is 1. The highest BCUT2D eigenvalue weighted by atomic mass is 16.5. The average Bonchev–Trinajstić information content (AvgIpc) is 2.66. The van der Waals surface area contributed by atoms with Crippen LogP contribution in [-0.4, -0.2) is 30.0 Å². The summed E-state index contributed by atoms with van der Waals surface area (Å²) in [5.41, 5.74) is 4.18. The monoisotopic (exact) mass is 342 g/mol. The summed E-state index contributed by atoms with van der Waals surface area (Å²) in [6.45, 7) is 5.81. The highest BCUT2D eigenvalue weighted by Crippen LogP contribution is 2.21. The van der Waals surface area contributed by atoms with Crippen LogP contribution in [0.1, 0.15) is 43.5 Å². The van der Waals surface area contributed by atoms with Crippen LogP contribution in [0.4, 0.5) is 5.69 Å². The number of allylic oxidation sites excluding steroid dienone is 3. The first kappa shape index (κ1) is 18.9. The van der Waals surface area contributed by atoms with Gasteiger partial charge < -0.3 is 4.90 Å². The molecule has 0 bridgehead atoms. The highest BCUT2D eigenvalue weighted by molar-refractivity contribution is 5.99. The van der Waals surface area contributed by atoms with Crippen molar-refractivity contribution in [1.29, 1.82) is 0 Å². The Morgan fingerprint density at radius 3 is 2.36 bits per heavy atom. The first-order valence-electron chi connectivity index (χ1n) is 8.71. The molecule has 1 amide bonds. The molecule has 2 rings (SSSR count). The van der Waals surface area contributed by atoms with Gasteiger partial charge in [-0.05, 0) is 50.5 Å². The molecule has 0 spiro atoms. The lowest BCUT2D eigenvalue weighted by molar-refractivity contribution is -0.124. The SMILES string of the molecule is CC(/C=C/C(=O)NO)=C\[C@@H](C)C(=O)c1ccc(N2CCCCC2)cc1. The molecule has 1 fully saturated rings. The summed E-state index contributed by atoms with van der Waals surface area (Å²) in [5.74, 6) is -0.841. The van der Waals surface area contributed by atoms with Crippen molar-refractivity contribution < 1.29 is 14.8 Å². The minimum absolute atomic E-state index is 0.0459. The van der Waals surface area contributed by atoms with E-state index in [9.17, 15) is 9.59 Å². The minimum atomic E-state index is -0.597. The van der Waals surface area contributed by atoms with Crippen LogP contribution in [0, 0.1) is 5.92 Å². The molecule has 1 saturated heterocycles. The number of benzene rings is 1. The van der Waals surface area contributed by atoms with E-state index in [0.29, 0.717) is 5.56 Å². The zero-order valence-electron chi connectivity index (χ0n) is 14.9. The second-order valence-electron chi connectivity index (χ2n) is 6.47. The molecule has 1 aliphatic heterocycles. The van der Waals surface area contributed by atoms with E-state index in [1.807, 2.05) is 44.2 Å². The number of hydrogen-bond acceptors (Lipinski definition) is 4. The standard InChI is InChI=1S/C20H26N2O3/c1-15(6-11-19(23)21-25)14-16(2)20(24)17-7-9-18(10-8-17)22-12-4-3-5-13-22/h6-11,14,16,25H,3-5,12-13H2,1-2H3,(H,21,23)/b11-6+,15-14+/t16-/m1/s1. The number of anilines is 1. The third-order valence-electron chi connectivity index (χ3n) is 4.41. The van der Waals surface area contributed by atoms with Crippen LogP contribution in [-0.2, 0) is 4.79 Å². The molecule has 25 heavy (non-hydrogen) atoms. The maximum absolute atomic E-state index is 12.6. The Morgan fingerprint density at radius 1 is 1.12 bits per heavy atom. The van der Waals surface area contributed by atoms with Gasteiger partial charge in [0.15, 0.2) is 5.78 Å². The number of hydroxylamine groups is 1. The average molecular weight is 342 g/mol. The van der Waals surface area contributed by atoms with Gasteiger partial charge in [-0.15, -0.1) is 0 Å². The van der Waals surface area contributed by atoms with Crippen molar-refractivity contribution in [3.63, 3.8) is 0 Å². The van der Waals surface area contributed by atoms with Crippen molar-refractivity contribution in [2.75, 3.05) is 18.0 Å². The number of carbonyl (C=O) groups excluding carboxylic acids is 2. The lowest BCUT2D eigenvalue weighted by Gasteiger charge is -2.28. The molecule has 5 heteroatoms. The summed E-state index contributed by atoms with van der Waals surface area (Å²) in [6, 6.07) is 7.82. The smallest absolute Gasteiger partial charge is 0.267 e. The molecule has 0 aliphatic carbocycles. The van der Waals surface area contributed by atoms with E-state index < -0.39 is 5.91 Å². The molecule has 1 aromatic carbocycles. The molecule has 1 atom stereocenters. The van der Waals surface area contributed by atoms with Gasteiger partial charge in [0.25, 0.3) is 5.91 Å². The van der Waals surface area contributed by atoms with Gasteiger partial charge in [0.1, 0.15) is 0 Å². The van der Waals surface area contributed by atoms with E-state index >= 15 is 0 Å². The Kier molecular flexibility index (Phi) is 6.95. The number of carbonyl (C=O) groups is 2. The zero-order chi connectivity index (χ0) is 18.2. The molecular formula is C20H26N2O3. The molecular weight excluding hydrogens is 316 g/mol. The third-order valence-corrected chi connectivity index (χ3v) is 4.41. The van der Waals surface area contributed by atoms with Crippen LogP contribution in [0.5, 0.6) is 0 Å². The fourth-order valence-corrected chi connectivity index (χ4v) is 3.02. The molecule has 0 saturated carbocycles. The number of nitrogens with zero attached hydrogens (tertiary/aromatic N) is 1. The van der Waals surface area contributed by atoms with Gasteiger partial charge in [0.05, 0.1) is 0 Å². The normalized spacial score (nSPS) is 16.8. The van der Waals surface area contributed by atoms with Crippen molar-refractivity contribution in [2.24, 2.45) is 5.92 Å². The lowest BCUT2D eigenvalue weighted by atomic mass is 9.96. The Bertz CT molecular complexity index is 656. The summed E-state index contributed by atoms with van der Waals surface area (Å²) in [4.78, 5) is 25.9. The van der Waals surface area contributed by atoms with Crippen molar-refractivity contribution in [3.8, 4) is 0 Å². The molecule has 0 aromatic heterocycles. The molecule has 1 aromatic rings. The van der Waals surface area contributed by atoms with Crippen LogP contribution in [0.25, 0.3) is 0 Å². The van der Waals surface area contributed by atoms with Gasteiger partial charge in [-0.25, -0.2) is 5.48 Å². The van der Waals surface area contributed by atoms with Crippen LogP contribution in [0.3, 0.4) is 0 Å². The van der Waals surface area contributed by atoms with Crippen LogP contribution < -0.4 is 10.4 Å². The Hall–Kier alpha value is -2.40. The second kappa shape index (κ2) is 9.18. The Morgan fingerprint density at radius 2 is 1.76 bits per heavy atom. The van der Waals surface area contributed by atoms with E-state index in [0.717, 1.165) is 18.7 Å². The van der Waals surface area contributed by atoms with Gasteiger partial charge >= 0.3 is 0 Å².